The van der Waals surface area contributed by atoms with Gasteiger partial charge in [-0.15, -0.1) is 0 Å². The number of ether oxygens (including phenoxy) is 1. The molecule has 0 unspecified atom stereocenters. The van der Waals surface area contributed by atoms with Gasteiger partial charge in [0.05, 0.1) is 23.7 Å². The number of nitrogens with zero attached hydrogens (tertiary/aromatic N) is 1. The summed E-state index contributed by atoms with van der Waals surface area (Å²) in [6.07, 6.45) is 1.60. The van der Waals surface area contributed by atoms with Gasteiger partial charge < -0.3 is 10.1 Å². The maximum atomic E-state index is 12.6. The fourth-order valence-corrected chi connectivity index (χ4v) is 3.01. The van der Waals surface area contributed by atoms with Crippen molar-refractivity contribution in [1.29, 1.82) is 0 Å². The molecule has 5 heteroatoms. The summed E-state index contributed by atoms with van der Waals surface area (Å²) < 4.78 is 5.25. The lowest BCUT2D eigenvalue weighted by molar-refractivity contribution is 0.103. The van der Waals surface area contributed by atoms with Gasteiger partial charge in [0.25, 0.3) is 0 Å². The lowest BCUT2D eigenvalue weighted by Gasteiger charge is -2.06. The first-order valence-electron chi connectivity index (χ1n) is 7.15. The van der Waals surface area contributed by atoms with Gasteiger partial charge in [-0.25, -0.2) is 4.98 Å². The van der Waals surface area contributed by atoms with Crippen LogP contribution >= 0.6 is 11.3 Å². The zero-order valence-electron chi connectivity index (χ0n) is 12.9. The van der Waals surface area contributed by atoms with Crippen LogP contribution in [0.3, 0.4) is 0 Å². The van der Waals surface area contributed by atoms with Crippen LogP contribution < -0.4 is 10.1 Å². The second-order valence-electron chi connectivity index (χ2n) is 5.00. The van der Waals surface area contributed by atoms with E-state index in [1.54, 1.807) is 25.4 Å². The molecule has 3 aromatic rings. The first-order chi connectivity index (χ1) is 11.2. The Hall–Kier alpha value is -2.66. The molecule has 116 valence electrons. The Balaban J connectivity index is 1.84. The van der Waals surface area contributed by atoms with Crippen molar-refractivity contribution in [3.05, 3.63) is 70.7 Å². The molecule has 1 aromatic heterocycles. The van der Waals surface area contributed by atoms with Crippen molar-refractivity contribution in [3.8, 4) is 5.75 Å². The smallest absolute Gasteiger partial charge is 0.208 e. The molecule has 0 aliphatic heterocycles. The van der Waals surface area contributed by atoms with E-state index >= 15 is 0 Å². The lowest BCUT2D eigenvalue weighted by Crippen LogP contribution is -2.01. The van der Waals surface area contributed by atoms with E-state index in [-0.39, 0.29) is 5.78 Å². The van der Waals surface area contributed by atoms with E-state index in [1.165, 1.54) is 11.3 Å². The number of methoxy groups -OCH3 is 1. The highest BCUT2D eigenvalue weighted by molar-refractivity contribution is 7.17. The van der Waals surface area contributed by atoms with E-state index in [4.69, 9.17) is 4.74 Å². The maximum absolute atomic E-state index is 12.6. The molecule has 0 saturated heterocycles. The Bertz CT molecular complexity index is 842. The maximum Gasteiger partial charge on any atom is 0.208 e. The van der Waals surface area contributed by atoms with E-state index in [0.717, 1.165) is 11.3 Å². The van der Waals surface area contributed by atoms with Gasteiger partial charge in [-0.3, -0.25) is 4.79 Å². The van der Waals surface area contributed by atoms with Crippen molar-refractivity contribution in [2.45, 2.75) is 6.92 Å². The van der Waals surface area contributed by atoms with Crippen LogP contribution in [0.5, 0.6) is 5.75 Å². The summed E-state index contributed by atoms with van der Waals surface area (Å²) in [5, 5.41) is 3.94. The molecule has 0 radical (unpaired) electrons. The molecule has 0 fully saturated rings. The zero-order valence-corrected chi connectivity index (χ0v) is 13.7. The van der Waals surface area contributed by atoms with Crippen molar-refractivity contribution in [1.82, 2.24) is 4.98 Å². The summed E-state index contributed by atoms with van der Waals surface area (Å²) in [6.45, 7) is 2.02. The fraction of sp³-hybridized carbons (Fsp3) is 0.111. The van der Waals surface area contributed by atoms with Gasteiger partial charge in [-0.05, 0) is 30.7 Å². The second kappa shape index (κ2) is 6.62. The van der Waals surface area contributed by atoms with Gasteiger partial charge >= 0.3 is 0 Å². The number of para-hydroxylation sites is 2. The Labute approximate surface area is 138 Å². The fourth-order valence-electron chi connectivity index (χ4n) is 2.23. The summed E-state index contributed by atoms with van der Waals surface area (Å²) in [6, 6.07) is 15.2. The predicted molar refractivity (Wildman–Crippen MR) is 93.0 cm³/mol. The highest BCUT2D eigenvalue weighted by Gasteiger charge is 2.17. The van der Waals surface area contributed by atoms with Gasteiger partial charge in [-0.2, -0.15) is 0 Å². The third-order valence-electron chi connectivity index (χ3n) is 3.47. The van der Waals surface area contributed by atoms with Crippen LogP contribution in [0, 0.1) is 6.92 Å². The minimum absolute atomic E-state index is 0.0854. The average Bonchev–Trinajstić information content (AvgIpc) is 3.05. The van der Waals surface area contributed by atoms with E-state index in [9.17, 15) is 4.79 Å². The van der Waals surface area contributed by atoms with Crippen LogP contribution in [-0.2, 0) is 0 Å². The monoisotopic (exact) mass is 324 g/mol. The molecular weight excluding hydrogens is 308 g/mol. The molecule has 3 rings (SSSR count). The van der Waals surface area contributed by atoms with E-state index in [2.05, 4.69) is 10.3 Å². The van der Waals surface area contributed by atoms with Crippen molar-refractivity contribution in [2.75, 3.05) is 12.4 Å². The van der Waals surface area contributed by atoms with Crippen molar-refractivity contribution < 1.29 is 9.53 Å². The Morgan fingerprint density at radius 1 is 1.13 bits per heavy atom. The summed E-state index contributed by atoms with van der Waals surface area (Å²) in [5.41, 5.74) is 2.65. The number of nitrogens with one attached hydrogen (secondary N) is 1. The predicted octanol–water partition coefficient (Wildman–Crippen LogP) is 4.43. The number of hydrogen-bond acceptors (Lipinski definition) is 5. The molecule has 2 aromatic carbocycles. The number of hydrogen-bond donors (Lipinski definition) is 1. The normalized spacial score (nSPS) is 10.3. The topological polar surface area (TPSA) is 51.2 Å². The number of carbonyl (C=O) groups is 1. The minimum atomic E-state index is -0.0854. The highest BCUT2D eigenvalue weighted by atomic mass is 32.1. The molecule has 0 spiro atoms. The quantitative estimate of drug-likeness (QED) is 0.705. The standard InChI is InChI=1S/C18H16N2O2S/c1-12-7-3-5-9-14(12)20-18-19-11-16(23-18)17(21)13-8-4-6-10-15(13)22-2/h3-11H,1-2H3,(H,19,20). The molecule has 0 amide bonds. The number of aromatic nitrogens is 1. The number of anilines is 2. The van der Waals surface area contributed by atoms with Gasteiger partial charge in [0.15, 0.2) is 5.13 Å². The Morgan fingerprint density at radius 2 is 1.87 bits per heavy atom. The van der Waals surface area contributed by atoms with Gasteiger partial charge in [0.2, 0.25) is 5.78 Å². The van der Waals surface area contributed by atoms with Crippen LogP contribution in [0.4, 0.5) is 10.8 Å². The van der Waals surface area contributed by atoms with Crippen molar-refractivity contribution in [3.63, 3.8) is 0 Å². The molecule has 0 atom stereocenters. The largest absolute Gasteiger partial charge is 0.496 e. The van der Waals surface area contributed by atoms with Crippen molar-refractivity contribution >= 4 is 27.9 Å². The Kier molecular flexibility index (Phi) is 4.39. The summed E-state index contributed by atoms with van der Waals surface area (Å²) in [7, 11) is 1.56. The number of benzene rings is 2. The van der Waals surface area contributed by atoms with Crippen LogP contribution in [0.1, 0.15) is 20.8 Å². The van der Waals surface area contributed by atoms with Crippen LogP contribution in [0.25, 0.3) is 0 Å². The number of thiazole rings is 1. The van der Waals surface area contributed by atoms with Gasteiger partial charge in [-0.1, -0.05) is 41.7 Å². The summed E-state index contributed by atoms with van der Waals surface area (Å²) >= 11 is 1.33. The van der Waals surface area contributed by atoms with Crippen molar-refractivity contribution in [2.24, 2.45) is 0 Å². The van der Waals surface area contributed by atoms with Gasteiger partial charge in [0, 0.05) is 5.69 Å². The van der Waals surface area contributed by atoms with Crippen LogP contribution in [0.15, 0.2) is 54.7 Å². The van der Waals surface area contributed by atoms with Crippen LogP contribution in [0.2, 0.25) is 0 Å². The first-order valence-corrected chi connectivity index (χ1v) is 7.97. The Morgan fingerprint density at radius 3 is 2.65 bits per heavy atom. The minimum Gasteiger partial charge on any atom is -0.496 e. The summed E-state index contributed by atoms with van der Waals surface area (Å²) in [4.78, 5) is 17.5. The zero-order chi connectivity index (χ0) is 16.2. The molecule has 0 aliphatic rings. The van der Waals surface area contributed by atoms with E-state index < -0.39 is 0 Å². The van der Waals surface area contributed by atoms with E-state index in [0.29, 0.717) is 21.3 Å². The molecule has 0 aliphatic carbocycles. The average molecular weight is 324 g/mol. The van der Waals surface area contributed by atoms with Crippen LogP contribution in [-0.4, -0.2) is 17.9 Å². The molecule has 0 bridgehead atoms. The van der Waals surface area contributed by atoms with Gasteiger partial charge in [0.1, 0.15) is 5.75 Å². The highest BCUT2D eigenvalue weighted by Crippen LogP contribution is 2.28. The number of ketones is 1. The summed E-state index contributed by atoms with van der Waals surface area (Å²) in [5.74, 6) is 0.483. The third kappa shape index (κ3) is 3.24. The lowest BCUT2D eigenvalue weighted by atomic mass is 10.1. The SMILES string of the molecule is COc1ccccc1C(=O)c1cnc(Nc2ccccc2C)s1. The molecule has 1 N–H and O–H groups in total. The molecule has 4 nitrogen and oxygen atoms in total. The number of rotatable bonds is 5. The third-order valence-corrected chi connectivity index (χ3v) is 4.38. The molecule has 1 heterocycles. The molecule has 0 saturated carbocycles. The number of carbonyl (C=O) groups excluding carboxylic acids is 1. The first kappa shape index (κ1) is 15.2. The van der Waals surface area contributed by atoms with E-state index in [1.807, 2.05) is 43.3 Å². The second-order valence-corrected chi connectivity index (χ2v) is 6.03. The number of aryl methyl sites for hydroxylation is 1. The molecule has 23 heavy (non-hydrogen) atoms. The molecular formula is C18H16N2O2S.